The van der Waals surface area contributed by atoms with Crippen LogP contribution in [-0.4, -0.2) is 41.2 Å². The molecule has 0 aliphatic rings. The van der Waals surface area contributed by atoms with Crippen LogP contribution in [0.4, 0.5) is 11.5 Å². The third-order valence-corrected chi connectivity index (χ3v) is 4.57. The minimum Gasteiger partial charge on any atom is -0.506 e. The first-order valence-corrected chi connectivity index (χ1v) is 8.62. The molecule has 7 heteroatoms. The number of amides is 1. The Bertz CT molecular complexity index is 1060. The third-order valence-electron chi connectivity index (χ3n) is 4.57. The Hall–Kier alpha value is -3.35. The van der Waals surface area contributed by atoms with Crippen LogP contribution in [0.1, 0.15) is 17.3 Å². The van der Waals surface area contributed by atoms with Gasteiger partial charge in [-0.1, -0.05) is 6.07 Å². The first-order chi connectivity index (χ1) is 12.9. The molecule has 27 heavy (non-hydrogen) atoms. The molecule has 3 aromatic rings. The van der Waals surface area contributed by atoms with E-state index in [1.54, 1.807) is 50.5 Å². The quantitative estimate of drug-likeness (QED) is 0.767. The second-order valence-corrected chi connectivity index (χ2v) is 6.42. The molecule has 140 valence electrons. The highest BCUT2D eigenvalue weighted by atomic mass is 16.3. The van der Waals surface area contributed by atoms with Crippen LogP contribution in [0.25, 0.3) is 10.9 Å². The molecular formula is C20H22N4O3. The van der Waals surface area contributed by atoms with E-state index >= 15 is 0 Å². The maximum absolute atomic E-state index is 13.1. The topological polar surface area (TPSA) is 78.7 Å². The van der Waals surface area contributed by atoms with E-state index in [0.29, 0.717) is 23.3 Å². The summed E-state index contributed by atoms with van der Waals surface area (Å²) in [4.78, 5) is 33.4. The van der Waals surface area contributed by atoms with Crippen LogP contribution in [0, 0.1) is 0 Å². The van der Waals surface area contributed by atoms with Gasteiger partial charge < -0.3 is 14.6 Å². The van der Waals surface area contributed by atoms with Crippen molar-refractivity contribution in [3.63, 3.8) is 0 Å². The van der Waals surface area contributed by atoms with Crippen LogP contribution in [0.3, 0.4) is 0 Å². The highest BCUT2D eigenvalue weighted by Crippen LogP contribution is 2.30. The zero-order chi connectivity index (χ0) is 19.7. The highest BCUT2D eigenvalue weighted by molar-refractivity contribution is 6.10. The maximum atomic E-state index is 13.1. The Morgan fingerprint density at radius 1 is 1.22 bits per heavy atom. The second-order valence-electron chi connectivity index (χ2n) is 6.42. The summed E-state index contributed by atoms with van der Waals surface area (Å²) in [5, 5.41) is 11.3. The monoisotopic (exact) mass is 366 g/mol. The Balaban J connectivity index is 2.24. The average molecular weight is 366 g/mol. The molecule has 0 unspecified atom stereocenters. The molecule has 0 saturated carbocycles. The summed E-state index contributed by atoms with van der Waals surface area (Å²) in [5.74, 6) is -0.462. The van der Waals surface area contributed by atoms with Crippen LogP contribution in [0.15, 0.2) is 47.4 Å². The molecule has 2 heterocycles. The molecule has 0 spiro atoms. The van der Waals surface area contributed by atoms with Gasteiger partial charge in [-0.2, -0.15) is 0 Å². The average Bonchev–Trinajstić information content (AvgIpc) is 2.67. The maximum Gasteiger partial charge on any atom is 0.268 e. The number of benzene rings is 1. The molecule has 3 rings (SSSR count). The molecule has 0 bridgehead atoms. The zero-order valence-electron chi connectivity index (χ0n) is 15.8. The number of rotatable bonds is 4. The van der Waals surface area contributed by atoms with Gasteiger partial charge in [0.05, 0.1) is 5.52 Å². The van der Waals surface area contributed by atoms with E-state index in [1.807, 2.05) is 25.1 Å². The molecule has 1 amide bonds. The number of carbonyl (C=O) groups excluding carboxylic acids is 1. The van der Waals surface area contributed by atoms with Gasteiger partial charge in [-0.3, -0.25) is 14.5 Å². The lowest BCUT2D eigenvalue weighted by Gasteiger charge is -2.21. The van der Waals surface area contributed by atoms with E-state index in [4.69, 9.17) is 0 Å². The number of aromatic hydroxyl groups is 1. The summed E-state index contributed by atoms with van der Waals surface area (Å²) in [6, 6.07) is 10.6. The number of aromatic nitrogens is 2. The van der Waals surface area contributed by atoms with Gasteiger partial charge in [-0.25, -0.2) is 4.98 Å². The van der Waals surface area contributed by atoms with Gasteiger partial charge in [0.2, 0.25) is 0 Å². The van der Waals surface area contributed by atoms with E-state index < -0.39 is 11.5 Å². The molecule has 0 saturated heterocycles. The van der Waals surface area contributed by atoms with Crippen molar-refractivity contribution in [2.45, 2.75) is 6.92 Å². The van der Waals surface area contributed by atoms with Crippen molar-refractivity contribution >= 4 is 28.3 Å². The van der Waals surface area contributed by atoms with Crippen LogP contribution >= 0.6 is 0 Å². The molecule has 1 aromatic carbocycles. The Labute approximate surface area is 157 Å². The molecule has 0 aliphatic carbocycles. The predicted molar refractivity (Wildman–Crippen MR) is 107 cm³/mol. The van der Waals surface area contributed by atoms with Crippen molar-refractivity contribution in [2.24, 2.45) is 7.05 Å². The number of nitrogens with zero attached hydrogens (tertiary/aromatic N) is 4. The minimum absolute atomic E-state index is 0.256. The van der Waals surface area contributed by atoms with Crippen molar-refractivity contribution in [3.8, 4) is 5.75 Å². The second kappa shape index (κ2) is 7.11. The van der Waals surface area contributed by atoms with Crippen LogP contribution < -0.4 is 15.4 Å². The van der Waals surface area contributed by atoms with Crippen molar-refractivity contribution in [2.75, 3.05) is 30.4 Å². The minimum atomic E-state index is -0.577. The fourth-order valence-corrected chi connectivity index (χ4v) is 3.05. The molecular weight excluding hydrogens is 344 g/mol. The van der Waals surface area contributed by atoms with Crippen molar-refractivity contribution in [1.29, 1.82) is 0 Å². The smallest absolute Gasteiger partial charge is 0.268 e. The van der Waals surface area contributed by atoms with Gasteiger partial charge in [-0.05, 0) is 37.3 Å². The number of hydrogen-bond donors (Lipinski definition) is 1. The highest BCUT2D eigenvalue weighted by Gasteiger charge is 2.26. The summed E-state index contributed by atoms with van der Waals surface area (Å²) in [6.07, 6.45) is 1.58. The van der Waals surface area contributed by atoms with E-state index in [1.165, 1.54) is 9.47 Å². The molecule has 0 atom stereocenters. The lowest BCUT2D eigenvalue weighted by Crippen LogP contribution is -2.37. The van der Waals surface area contributed by atoms with Gasteiger partial charge >= 0.3 is 0 Å². The van der Waals surface area contributed by atoms with Gasteiger partial charge in [0, 0.05) is 45.0 Å². The largest absolute Gasteiger partial charge is 0.506 e. The van der Waals surface area contributed by atoms with Gasteiger partial charge in [0.15, 0.2) is 0 Å². The van der Waals surface area contributed by atoms with Crippen molar-refractivity contribution in [3.05, 3.63) is 58.5 Å². The summed E-state index contributed by atoms with van der Waals surface area (Å²) in [5.41, 5.74) is 0.609. The van der Waals surface area contributed by atoms with Crippen LogP contribution in [-0.2, 0) is 7.05 Å². The SMILES string of the molecule is CCN(C(=O)c1c(O)c2cc(N(C)C)ccc2n(C)c1=O)c1ccccn1. The normalized spacial score (nSPS) is 10.8. The predicted octanol–water partition coefficient (Wildman–Crippen LogP) is 2.37. The van der Waals surface area contributed by atoms with Crippen molar-refractivity contribution in [1.82, 2.24) is 9.55 Å². The molecule has 2 aromatic heterocycles. The summed E-state index contributed by atoms with van der Waals surface area (Å²) < 4.78 is 1.38. The number of pyridine rings is 2. The molecule has 0 fully saturated rings. The summed E-state index contributed by atoms with van der Waals surface area (Å²) >= 11 is 0. The number of hydrogen-bond acceptors (Lipinski definition) is 5. The lowest BCUT2D eigenvalue weighted by atomic mass is 10.1. The van der Waals surface area contributed by atoms with Gasteiger partial charge in [-0.15, -0.1) is 0 Å². The Kier molecular flexibility index (Phi) is 4.85. The standard InChI is InChI=1S/C20H22N4O3/c1-5-24(16-8-6-7-11-21-16)20(27)17-18(25)14-12-13(22(2)3)9-10-15(14)23(4)19(17)26/h6-12,25H,5H2,1-4H3. The van der Waals surface area contributed by atoms with Gasteiger partial charge in [0.25, 0.3) is 11.5 Å². The summed E-state index contributed by atoms with van der Waals surface area (Å²) in [6.45, 7) is 2.10. The summed E-state index contributed by atoms with van der Waals surface area (Å²) in [7, 11) is 5.35. The third kappa shape index (κ3) is 3.12. The van der Waals surface area contributed by atoms with Crippen LogP contribution in [0.5, 0.6) is 5.75 Å². The first-order valence-electron chi connectivity index (χ1n) is 8.62. The molecule has 7 nitrogen and oxygen atoms in total. The van der Waals surface area contributed by atoms with E-state index in [-0.39, 0.29) is 11.3 Å². The first kappa shape index (κ1) is 18.4. The number of carbonyl (C=O) groups is 1. The Morgan fingerprint density at radius 2 is 1.96 bits per heavy atom. The van der Waals surface area contributed by atoms with Gasteiger partial charge in [0.1, 0.15) is 17.1 Å². The zero-order valence-corrected chi connectivity index (χ0v) is 15.8. The van der Waals surface area contributed by atoms with Crippen molar-refractivity contribution < 1.29 is 9.90 Å². The molecule has 0 radical (unpaired) electrons. The number of aryl methyl sites for hydroxylation is 1. The van der Waals surface area contributed by atoms with E-state index in [2.05, 4.69) is 4.98 Å². The molecule has 1 N–H and O–H groups in total. The number of anilines is 2. The van der Waals surface area contributed by atoms with E-state index in [0.717, 1.165) is 5.69 Å². The Morgan fingerprint density at radius 3 is 2.56 bits per heavy atom. The van der Waals surface area contributed by atoms with Crippen LogP contribution in [0.2, 0.25) is 0 Å². The number of fused-ring (bicyclic) bond motifs is 1. The van der Waals surface area contributed by atoms with E-state index in [9.17, 15) is 14.7 Å². The lowest BCUT2D eigenvalue weighted by molar-refractivity contribution is 0.0983. The fraction of sp³-hybridized carbons (Fsp3) is 0.250. The molecule has 0 aliphatic heterocycles. The fourth-order valence-electron chi connectivity index (χ4n) is 3.05.